The third-order valence-corrected chi connectivity index (χ3v) is 4.01. The molecule has 0 saturated heterocycles. The number of benzene rings is 2. The van der Waals surface area contributed by atoms with Crippen molar-refractivity contribution in [2.45, 2.75) is 19.5 Å². The Morgan fingerprint density at radius 2 is 1.70 bits per heavy atom. The fourth-order valence-electron chi connectivity index (χ4n) is 2.71. The summed E-state index contributed by atoms with van der Waals surface area (Å²) in [4.78, 5) is 0. The fourth-order valence-corrected chi connectivity index (χ4v) is 2.71. The fraction of sp³-hybridized carbons (Fsp3) is 0.263. The molecule has 0 amide bonds. The van der Waals surface area contributed by atoms with Gasteiger partial charge in [-0.3, -0.25) is 0 Å². The number of halogens is 3. The monoisotopic (exact) mass is 377 g/mol. The molecule has 0 aliphatic carbocycles. The van der Waals surface area contributed by atoms with E-state index >= 15 is 0 Å². The summed E-state index contributed by atoms with van der Waals surface area (Å²) in [6.45, 7) is 1.79. The van der Waals surface area contributed by atoms with Crippen molar-refractivity contribution in [2.75, 3.05) is 13.9 Å². The molecule has 1 aromatic heterocycles. The number of para-hydroxylation sites is 1. The van der Waals surface area contributed by atoms with Crippen LogP contribution in [0.1, 0.15) is 18.3 Å². The molecule has 5 nitrogen and oxygen atoms in total. The highest BCUT2D eigenvalue weighted by atomic mass is 19.4. The van der Waals surface area contributed by atoms with Crippen molar-refractivity contribution >= 4 is 0 Å². The Morgan fingerprint density at radius 1 is 1.00 bits per heavy atom. The summed E-state index contributed by atoms with van der Waals surface area (Å²) < 4.78 is 51.3. The minimum absolute atomic E-state index is 0.247. The van der Waals surface area contributed by atoms with Crippen molar-refractivity contribution in [1.82, 2.24) is 14.8 Å². The molecule has 0 spiro atoms. The SMILES string of the molecule is CCc1ccc(-c2ccccc2-n2c(OCOC)nnc2C(F)(F)F)cc1. The number of nitrogens with zero attached hydrogens (tertiary/aromatic N) is 3. The van der Waals surface area contributed by atoms with Crippen LogP contribution in [0.3, 0.4) is 0 Å². The Kier molecular flexibility index (Phi) is 5.46. The number of ether oxygens (including phenoxy) is 2. The number of rotatable bonds is 6. The van der Waals surface area contributed by atoms with Crippen LogP contribution >= 0.6 is 0 Å². The Bertz CT molecular complexity index is 905. The van der Waals surface area contributed by atoms with E-state index in [1.165, 1.54) is 7.11 Å². The first-order chi connectivity index (χ1) is 13.0. The van der Waals surface area contributed by atoms with Crippen LogP contribution in [0.5, 0.6) is 6.01 Å². The topological polar surface area (TPSA) is 49.2 Å². The molecule has 0 atom stereocenters. The molecule has 142 valence electrons. The minimum atomic E-state index is -4.69. The number of hydrogen-bond acceptors (Lipinski definition) is 4. The Balaban J connectivity index is 2.17. The molecule has 8 heteroatoms. The maximum Gasteiger partial charge on any atom is 0.452 e. The van der Waals surface area contributed by atoms with Crippen molar-refractivity contribution in [3.8, 4) is 22.8 Å². The summed E-state index contributed by atoms with van der Waals surface area (Å²) in [6.07, 6.45) is -3.82. The molecule has 2 aromatic carbocycles. The standard InChI is InChI=1S/C19H18F3N3O2/c1-3-13-8-10-14(11-9-13)15-6-4-5-7-16(15)25-17(19(20,21)22)23-24-18(25)27-12-26-2/h4-11H,3,12H2,1-2H3. The zero-order valence-corrected chi connectivity index (χ0v) is 14.8. The van der Waals surface area contributed by atoms with Gasteiger partial charge in [0.2, 0.25) is 5.82 Å². The lowest BCUT2D eigenvalue weighted by molar-refractivity contribution is -0.146. The molecule has 1 heterocycles. The van der Waals surface area contributed by atoms with Crippen LogP contribution in [0.4, 0.5) is 13.2 Å². The van der Waals surface area contributed by atoms with E-state index in [1.54, 1.807) is 24.3 Å². The predicted octanol–water partition coefficient (Wildman–Crippen LogP) is 4.50. The lowest BCUT2D eigenvalue weighted by Crippen LogP contribution is -2.16. The number of alkyl halides is 3. The van der Waals surface area contributed by atoms with E-state index < -0.39 is 12.0 Å². The molecule has 0 fully saturated rings. The average molecular weight is 377 g/mol. The van der Waals surface area contributed by atoms with Gasteiger partial charge in [-0.2, -0.15) is 13.2 Å². The molecule has 0 radical (unpaired) electrons. The quantitative estimate of drug-likeness (QED) is 0.594. The van der Waals surface area contributed by atoms with Crippen LogP contribution < -0.4 is 4.74 Å². The smallest absolute Gasteiger partial charge is 0.436 e. The highest BCUT2D eigenvalue weighted by Gasteiger charge is 2.40. The predicted molar refractivity (Wildman–Crippen MR) is 93.7 cm³/mol. The van der Waals surface area contributed by atoms with Gasteiger partial charge in [0.25, 0.3) is 0 Å². The lowest BCUT2D eigenvalue weighted by Gasteiger charge is -2.16. The van der Waals surface area contributed by atoms with E-state index in [1.807, 2.05) is 31.2 Å². The second-order valence-corrected chi connectivity index (χ2v) is 5.76. The van der Waals surface area contributed by atoms with Crippen LogP contribution in [0, 0.1) is 0 Å². The molecule has 0 unspecified atom stereocenters. The first-order valence-corrected chi connectivity index (χ1v) is 8.28. The summed E-state index contributed by atoms with van der Waals surface area (Å²) in [6, 6.07) is 14.1. The van der Waals surface area contributed by atoms with Crippen molar-refractivity contribution in [3.63, 3.8) is 0 Å². The van der Waals surface area contributed by atoms with Gasteiger partial charge in [0.05, 0.1) is 5.69 Å². The van der Waals surface area contributed by atoms with Crippen LogP contribution in [0.25, 0.3) is 16.8 Å². The van der Waals surface area contributed by atoms with Gasteiger partial charge in [-0.25, -0.2) is 4.57 Å². The summed E-state index contributed by atoms with van der Waals surface area (Å²) in [7, 11) is 1.37. The molecule has 27 heavy (non-hydrogen) atoms. The Labute approximate surface area is 154 Å². The first kappa shape index (κ1) is 18.9. The van der Waals surface area contributed by atoms with Crippen molar-refractivity contribution in [3.05, 3.63) is 59.9 Å². The third-order valence-electron chi connectivity index (χ3n) is 4.01. The number of aromatic nitrogens is 3. The van der Waals surface area contributed by atoms with E-state index in [0.717, 1.165) is 22.1 Å². The molecular formula is C19H18F3N3O2. The van der Waals surface area contributed by atoms with E-state index in [4.69, 9.17) is 9.47 Å². The Hall–Kier alpha value is -2.87. The molecule has 0 N–H and O–H groups in total. The molecule has 3 aromatic rings. The molecule has 0 bridgehead atoms. The number of hydrogen-bond donors (Lipinski definition) is 0. The highest BCUT2D eigenvalue weighted by molar-refractivity contribution is 5.73. The lowest BCUT2D eigenvalue weighted by atomic mass is 10.0. The minimum Gasteiger partial charge on any atom is -0.436 e. The second kappa shape index (κ2) is 7.79. The van der Waals surface area contributed by atoms with Gasteiger partial charge in [-0.05, 0) is 23.6 Å². The van der Waals surface area contributed by atoms with E-state index in [-0.39, 0.29) is 18.5 Å². The maximum atomic E-state index is 13.5. The van der Waals surface area contributed by atoms with Gasteiger partial charge in [-0.15, -0.1) is 5.10 Å². The van der Waals surface area contributed by atoms with E-state index in [2.05, 4.69) is 10.2 Å². The molecule has 0 aliphatic heterocycles. The number of methoxy groups -OCH3 is 1. The largest absolute Gasteiger partial charge is 0.452 e. The van der Waals surface area contributed by atoms with E-state index in [9.17, 15) is 13.2 Å². The first-order valence-electron chi connectivity index (χ1n) is 8.28. The normalized spacial score (nSPS) is 11.6. The summed E-state index contributed by atoms with van der Waals surface area (Å²) in [5.41, 5.74) is 2.79. The van der Waals surface area contributed by atoms with Gasteiger partial charge in [0.1, 0.15) is 0 Å². The second-order valence-electron chi connectivity index (χ2n) is 5.76. The number of aryl methyl sites for hydroxylation is 1. The van der Waals surface area contributed by atoms with Crippen LogP contribution in [0.15, 0.2) is 48.5 Å². The molecule has 3 rings (SSSR count). The van der Waals surface area contributed by atoms with Crippen LogP contribution in [-0.2, 0) is 17.3 Å². The van der Waals surface area contributed by atoms with Crippen molar-refractivity contribution in [1.29, 1.82) is 0 Å². The van der Waals surface area contributed by atoms with Crippen molar-refractivity contribution < 1.29 is 22.6 Å². The summed E-state index contributed by atoms with van der Waals surface area (Å²) in [5, 5.41) is 6.84. The zero-order chi connectivity index (χ0) is 19.4. The zero-order valence-electron chi connectivity index (χ0n) is 14.8. The van der Waals surface area contributed by atoms with Gasteiger partial charge in [-0.1, -0.05) is 54.5 Å². The van der Waals surface area contributed by atoms with Gasteiger partial charge in [0, 0.05) is 12.7 Å². The van der Waals surface area contributed by atoms with Crippen molar-refractivity contribution in [2.24, 2.45) is 0 Å². The summed E-state index contributed by atoms with van der Waals surface area (Å²) >= 11 is 0. The van der Waals surface area contributed by atoms with Gasteiger partial charge < -0.3 is 9.47 Å². The maximum absolute atomic E-state index is 13.5. The van der Waals surface area contributed by atoms with Crippen LogP contribution in [-0.4, -0.2) is 28.7 Å². The Morgan fingerprint density at radius 3 is 2.33 bits per heavy atom. The highest BCUT2D eigenvalue weighted by Crippen LogP contribution is 2.36. The molecule has 0 aliphatic rings. The summed E-state index contributed by atoms with van der Waals surface area (Å²) in [5.74, 6) is -1.16. The van der Waals surface area contributed by atoms with Gasteiger partial charge >= 0.3 is 12.2 Å². The van der Waals surface area contributed by atoms with Crippen LogP contribution in [0.2, 0.25) is 0 Å². The van der Waals surface area contributed by atoms with E-state index in [0.29, 0.717) is 5.56 Å². The third kappa shape index (κ3) is 3.95. The molecule has 0 saturated carbocycles. The van der Waals surface area contributed by atoms with Gasteiger partial charge in [0.15, 0.2) is 6.79 Å². The average Bonchev–Trinajstić information content (AvgIpc) is 3.10. The molecular weight excluding hydrogens is 359 g/mol.